The lowest BCUT2D eigenvalue weighted by atomic mass is 10.2. The molecule has 1 aliphatic heterocycles. The Bertz CT molecular complexity index is 696. The molecule has 0 bridgehead atoms. The highest BCUT2D eigenvalue weighted by Crippen LogP contribution is 2.25. The molecule has 2 aromatic rings. The average molecular weight is 375 g/mol. The molecule has 26 heavy (non-hydrogen) atoms. The van der Waals surface area contributed by atoms with Gasteiger partial charge in [-0.25, -0.2) is 4.98 Å². The molecule has 1 aliphatic rings. The van der Waals surface area contributed by atoms with Crippen molar-refractivity contribution in [1.82, 2.24) is 20.5 Å². The van der Waals surface area contributed by atoms with Gasteiger partial charge in [0.25, 0.3) is 5.91 Å². The zero-order valence-corrected chi connectivity index (χ0v) is 16.0. The molecule has 0 aliphatic carbocycles. The molecule has 1 aromatic heterocycles. The van der Waals surface area contributed by atoms with Crippen molar-refractivity contribution in [3.05, 3.63) is 35.3 Å². The molecule has 6 nitrogen and oxygen atoms in total. The van der Waals surface area contributed by atoms with Gasteiger partial charge in [-0.1, -0.05) is 6.92 Å². The van der Waals surface area contributed by atoms with Crippen LogP contribution in [0, 0.1) is 0 Å². The summed E-state index contributed by atoms with van der Waals surface area (Å²) in [4.78, 5) is 19.1. The molecule has 7 heteroatoms. The van der Waals surface area contributed by atoms with Crippen LogP contribution >= 0.6 is 11.3 Å². The summed E-state index contributed by atoms with van der Waals surface area (Å²) in [5, 5.41) is 8.96. The van der Waals surface area contributed by atoms with E-state index in [1.54, 1.807) is 0 Å². The molecule has 0 atom stereocenters. The third-order valence-electron chi connectivity index (χ3n) is 4.23. The Morgan fingerprint density at radius 2 is 2.08 bits per heavy atom. The van der Waals surface area contributed by atoms with Gasteiger partial charge in [-0.2, -0.15) is 0 Å². The highest BCUT2D eigenvalue weighted by Gasteiger charge is 2.13. The van der Waals surface area contributed by atoms with Crippen LogP contribution in [-0.2, 0) is 0 Å². The van der Waals surface area contributed by atoms with Crippen molar-refractivity contribution in [2.75, 3.05) is 45.9 Å². The van der Waals surface area contributed by atoms with Gasteiger partial charge in [-0.15, -0.1) is 11.3 Å². The lowest BCUT2D eigenvalue weighted by Crippen LogP contribution is -2.46. The van der Waals surface area contributed by atoms with Crippen LogP contribution in [0.4, 0.5) is 0 Å². The lowest BCUT2D eigenvalue weighted by molar-refractivity contribution is 0.0943. The van der Waals surface area contributed by atoms with E-state index in [0.717, 1.165) is 62.1 Å². The van der Waals surface area contributed by atoms with Gasteiger partial charge in [0.2, 0.25) is 0 Å². The molecule has 1 amide bonds. The van der Waals surface area contributed by atoms with Crippen molar-refractivity contribution in [2.45, 2.75) is 13.3 Å². The molecule has 2 N–H and O–H groups in total. The molecule has 0 spiro atoms. The van der Waals surface area contributed by atoms with Crippen LogP contribution in [0.5, 0.6) is 5.75 Å². The monoisotopic (exact) mass is 374 g/mol. The number of aromatic nitrogens is 1. The first-order valence-corrected chi connectivity index (χ1v) is 10.0. The quantitative estimate of drug-likeness (QED) is 0.742. The summed E-state index contributed by atoms with van der Waals surface area (Å²) in [6.45, 7) is 8.44. The number of carbonyl (C=O) groups is 1. The summed E-state index contributed by atoms with van der Waals surface area (Å²) in [6.07, 6.45) is 0.987. The van der Waals surface area contributed by atoms with Crippen LogP contribution in [0.2, 0.25) is 0 Å². The Labute approximate surface area is 158 Å². The van der Waals surface area contributed by atoms with E-state index in [-0.39, 0.29) is 5.91 Å². The number of benzene rings is 1. The number of nitrogens with zero attached hydrogens (tertiary/aromatic N) is 2. The van der Waals surface area contributed by atoms with Crippen molar-refractivity contribution in [3.63, 3.8) is 0 Å². The number of carbonyl (C=O) groups excluding carboxylic acids is 1. The second-order valence-corrected chi connectivity index (χ2v) is 7.12. The molecule has 1 saturated heterocycles. The molecule has 140 valence electrons. The Morgan fingerprint density at radius 1 is 1.31 bits per heavy atom. The molecule has 2 heterocycles. The summed E-state index contributed by atoms with van der Waals surface area (Å²) in [6, 6.07) is 7.85. The van der Waals surface area contributed by atoms with Crippen LogP contribution in [0.1, 0.15) is 23.8 Å². The van der Waals surface area contributed by atoms with Gasteiger partial charge < -0.3 is 15.4 Å². The van der Waals surface area contributed by atoms with Crippen molar-refractivity contribution >= 4 is 17.2 Å². The number of piperazine rings is 1. The maximum absolute atomic E-state index is 12.3. The Morgan fingerprint density at radius 3 is 2.81 bits per heavy atom. The second kappa shape index (κ2) is 9.66. The standard InChI is InChI=1S/C19H26N4O2S/c1-2-13-25-16-5-3-15(4-6-16)19-22-17(14-26-19)18(24)21-9-12-23-10-7-20-8-11-23/h3-6,14,20H,2,7-13H2,1H3,(H,21,24). The van der Waals surface area contributed by atoms with E-state index in [1.165, 1.54) is 11.3 Å². The van der Waals surface area contributed by atoms with E-state index >= 15 is 0 Å². The first-order valence-electron chi connectivity index (χ1n) is 9.16. The fourth-order valence-electron chi connectivity index (χ4n) is 2.78. The first-order chi connectivity index (χ1) is 12.8. The van der Waals surface area contributed by atoms with Gasteiger partial charge in [0.15, 0.2) is 0 Å². The Kier molecular flexibility index (Phi) is 6.99. The first kappa shape index (κ1) is 18.8. The normalized spacial score (nSPS) is 15.0. The van der Waals surface area contributed by atoms with E-state index in [1.807, 2.05) is 29.6 Å². The van der Waals surface area contributed by atoms with E-state index < -0.39 is 0 Å². The van der Waals surface area contributed by atoms with Crippen LogP contribution in [-0.4, -0.2) is 61.7 Å². The SMILES string of the molecule is CCCOc1ccc(-c2nc(C(=O)NCCN3CCNCC3)cs2)cc1. The highest BCUT2D eigenvalue weighted by molar-refractivity contribution is 7.13. The summed E-state index contributed by atoms with van der Waals surface area (Å²) in [5.41, 5.74) is 1.48. The maximum Gasteiger partial charge on any atom is 0.270 e. The van der Waals surface area contributed by atoms with Crippen molar-refractivity contribution in [3.8, 4) is 16.3 Å². The van der Waals surface area contributed by atoms with Crippen LogP contribution in [0.15, 0.2) is 29.6 Å². The number of hydrogen-bond donors (Lipinski definition) is 2. The molecule has 1 aromatic carbocycles. The van der Waals surface area contributed by atoms with Gasteiger partial charge in [0, 0.05) is 50.2 Å². The van der Waals surface area contributed by atoms with Crippen molar-refractivity contribution < 1.29 is 9.53 Å². The number of nitrogens with one attached hydrogen (secondary N) is 2. The Hall–Kier alpha value is -1.96. The number of rotatable bonds is 8. The smallest absolute Gasteiger partial charge is 0.270 e. The number of hydrogen-bond acceptors (Lipinski definition) is 6. The highest BCUT2D eigenvalue weighted by atomic mass is 32.1. The zero-order valence-electron chi connectivity index (χ0n) is 15.2. The van der Waals surface area contributed by atoms with Gasteiger partial charge in [0.1, 0.15) is 16.5 Å². The minimum Gasteiger partial charge on any atom is -0.494 e. The molecule has 0 saturated carbocycles. The van der Waals surface area contributed by atoms with Gasteiger partial charge in [-0.3, -0.25) is 9.69 Å². The van der Waals surface area contributed by atoms with Crippen molar-refractivity contribution in [2.24, 2.45) is 0 Å². The summed E-state index contributed by atoms with van der Waals surface area (Å²) < 4.78 is 5.59. The molecule has 0 radical (unpaired) electrons. The lowest BCUT2D eigenvalue weighted by Gasteiger charge is -2.26. The minimum absolute atomic E-state index is 0.106. The minimum atomic E-state index is -0.106. The fraction of sp³-hybridized carbons (Fsp3) is 0.474. The molecule has 3 rings (SSSR count). The number of thiazole rings is 1. The summed E-state index contributed by atoms with van der Waals surface area (Å²) in [5.74, 6) is 0.753. The maximum atomic E-state index is 12.3. The van der Waals surface area contributed by atoms with E-state index in [2.05, 4.69) is 27.4 Å². The van der Waals surface area contributed by atoms with E-state index in [4.69, 9.17) is 4.74 Å². The molecule has 0 unspecified atom stereocenters. The summed E-state index contributed by atoms with van der Waals surface area (Å²) in [7, 11) is 0. The predicted octanol–water partition coefficient (Wildman–Crippen LogP) is 2.23. The predicted molar refractivity (Wildman–Crippen MR) is 105 cm³/mol. The van der Waals surface area contributed by atoms with Gasteiger partial charge in [0.05, 0.1) is 6.61 Å². The zero-order chi connectivity index (χ0) is 18.2. The van der Waals surface area contributed by atoms with Gasteiger partial charge in [-0.05, 0) is 30.7 Å². The Balaban J connectivity index is 1.50. The third kappa shape index (κ3) is 5.27. The molecule has 1 fully saturated rings. The second-order valence-electron chi connectivity index (χ2n) is 6.26. The van der Waals surface area contributed by atoms with Crippen LogP contribution < -0.4 is 15.4 Å². The molecular weight excluding hydrogens is 348 g/mol. The van der Waals surface area contributed by atoms with Gasteiger partial charge >= 0.3 is 0 Å². The largest absolute Gasteiger partial charge is 0.494 e. The number of ether oxygens (including phenoxy) is 1. The molecular formula is C19H26N4O2S. The average Bonchev–Trinajstić information content (AvgIpc) is 3.18. The van der Waals surface area contributed by atoms with E-state index in [0.29, 0.717) is 12.2 Å². The van der Waals surface area contributed by atoms with E-state index in [9.17, 15) is 4.79 Å². The van der Waals surface area contributed by atoms with Crippen LogP contribution in [0.25, 0.3) is 10.6 Å². The van der Waals surface area contributed by atoms with Crippen molar-refractivity contribution in [1.29, 1.82) is 0 Å². The van der Waals surface area contributed by atoms with Crippen LogP contribution in [0.3, 0.4) is 0 Å². The third-order valence-corrected chi connectivity index (χ3v) is 5.13. The topological polar surface area (TPSA) is 66.5 Å². The number of amides is 1. The summed E-state index contributed by atoms with van der Waals surface area (Å²) >= 11 is 1.48. The fourth-order valence-corrected chi connectivity index (χ4v) is 3.58.